The number of thiol groups is 1. The third-order valence-corrected chi connectivity index (χ3v) is 13.1. The molecule has 0 aromatic heterocycles. The van der Waals surface area contributed by atoms with Crippen molar-refractivity contribution in [3.8, 4) is 0 Å². The molecule has 0 bridgehead atoms. The van der Waals surface area contributed by atoms with Crippen LogP contribution in [0.5, 0.6) is 0 Å². The van der Waals surface area contributed by atoms with E-state index in [0.29, 0.717) is 13.2 Å². The van der Waals surface area contributed by atoms with Crippen LogP contribution in [0.3, 0.4) is 0 Å². The molecule has 0 atom stereocenters. The van der Waals surface area contributed by atoms with E-state index < -0.39 is 13.0 Å². The van der Waals surface area contributed by atoms with Gasteiger partial charge in [-0.25, -0.2) is 0 Å². The average Bonchev–Trinajstić information content (AvgIpc) is 2.90. The van der Waals surface area contributed by atoms with Gasteiger partial charge in [-0.2, -0.15) is 0 Å². The predicted octanol–water partition coefficient (Wildman–Crippen LogP) is 6.25. The van der Waals surface area contributed by atoms with Crippen LogP contribution in [0, 0.1) is 5.41 Å². The summed E-state index contributed by atoms with van der Waals surface area (Å²) in [6, 6.07) is 44.0. The third kappa shape index (κ3) is 6.33. The quantitative estimate of drug-likeness (QED) is 0.245. The van der Waals surface area contributed by atoms with E-state index in [1.807, 2.05) is 0 Å². The normalized spacial score (nSPS) is 17.0. The summed E-state index contributed by atoms with van der Waals surface area (Å²) in [6.07, 6.45) is 0. The first kappa shape index (κ1) is 26.3. The minimum absolute atomic E-state index is 0.102. The number of hydrogen-bond acceptors (Lipinski definition) is 3. The fourth-order valence-corrected chi connectivity index (χ4v) is 10.9. The van der Waals surface area contributed by atoms with Crippen molar-refractivity contribution in [3.63, 3.8) is 0 Å². The minimum atomic E-state index is -2.30. The fourth-order valence-electron chi connectivity index (χ4n) is 4.34. The van der Waals surface area contributed by atoms with E-state index in [0.717, 1.165) is 0 Å². The Morgan fingerprint density at radius 3 is 1.09 bits per heavy atom. The van der Waals surface area contributed by atoms with Gasteiger partial charge in [0, 0.05) is 5.41 Å². The molecule has 1 heterocycles. The van der Waals surface area contributed by atoms with Crippen molar-refractivity contribution >= 4 is 58.2 Å². The first-order chi connectivity index (χ1) is 16.8. The standard InChI is InChI=1S/C24H21P.C5H11O2PS2/c1-5-13-21(14-6-1)25(22-15-7-2-8-16-22,23-17-9-3-10-18-23)24-19-11-4-12-20-24;1-5(2)3-6-8(9,10)7-4-5/h1-20,25H;3-4H2,1-2H3,(H,9,10). The van der Waals surface area contributed by atoms with E-state index in [1.165, 1.54) is 21.2 Å². The van der Waals surface area contributed by atoms with Crippen molar-refractivity contribution in [3.05, 3.63) is 121 Å². The molecule has 1 aliphatic heterocycles. The van der Waals surface area contributed by atoms with Gasteiger partial charge in [0.1, 0.15) is 0 Å². The van der Waals surface area contributed by atoms with E-state index >= 15 is 0 Å². The van der Waals surface area contributed by atoms with Crippen LogP contribution >= 0.6 is 25.2 Å². The van der Waals surface area contributed by atoms with Gasteiger partial charge >= 0.3 is 150 Å². The molecule has 0 N–H and O–H groups in total. The van der Waals surface area contributed by atoms with Crippen LogP contribution < -0.4 is 21.2 Å². The van der Waals surface area contributed by atoms with E-state index in [9.17, 15) is 0 Å². The van der Waals surface area contributed by atoms with Crippen molar-refractivity contribution in [2.45, 2.75) is 13.8 Å². The van der Waals surface area contributed by atoms with Crippen LogP contribution in [0.2, 0.25) is 0 Å². The van der Waals surface area contributed by atoms with E-state index in [-0.39, 0.29) is 5.41 Å². The van der Waals surface area contributed by atoms with Crippen LogP contribution in [0.15, 0.2) is 121 Å². The molecule has 4 aromatic carbocycles. The van der Waals surface area contributed by atoms with Gasteiger partial charge in [-0.1, -0.05) is 26.1 Å². The Labute approximate surface area is 220 Å². The summed E-state index contributed by atoms with van der Waals surface area (Å²) < 4.78 is 10.5. The van der Waals surface area contributed by atoms with Gasteiger partial charge in [0.25, 0.3) is 0 Å². The van der Waals surface area contributed by atoms with Crippen molar-refractivity contribution < 1.29 is 9.05 Å². The third-order valence-electron chi connectivity index (χ3n) is 6.06. The van der Waals surface area contributed by atoms with E-state index in [2.05, 4.69) is 147 Å². The summed E-state index contributed by atoms with van der Waals surface area (Å²) in [7, 11) is -2.30. The number of rotatable bonds is 4. The molecule has 0 saturated carbocycles. The molecule has 2 nitrogen and oxygen atoms in total. The molecule has 0 radical (unpaired) electrons. The molecule has 6 heteroatoms. The molecule has 182 valence electrons. The molecular formula is C29H32O2P2S2. The Bertz CT molecular complexity index is 1070. The molecule has 0 aliphatic carbocycles. The number of hydrogen-bond donors (Lipinski definition) is 1. The van der Waals surface area contributed by atoms with E-state index in [4.69, 9.17) is 20.9 Å². The zero-order chi connectivity index (χ0) is 24.8. The summed E-state index contributed by atoms with van der Waals surface area (Å²) in [5, 5.41) is 5.66. The SMILES string of the molecule is CC1(C)COP(=S)(S)OC1.c1ccc([PH](c2ccccc2)(c2ccccc2)c2ccccc2)cc1. The first-order valence-electron chi connectivity index (χ1n) is 11.7. The summed E-state index contributed by atoms with van der Waals surface area (Å²) >= 11 is 9.01. The molecule has 0 amide bonds. The predicted molar refractivity (Wildman–Crippen MR) is 162 cm³/mol. The monoisotopic (exact) mass is 538 g/mol. The molecule has 1 aliphatic rings. The Balaban J connectivity index is 0.000000243. The second-order valence-corrected chi connectivity index (χ2v) is 18.5. The van der Waals surface area contributed by atoms with Crippen molar-refractivity contribution in [1.29, 1.82) is 0 Å². The van der Waals surface area contributed by atoms with Crippen molar-refractivity contribution in [2.75, 3.05) is 13.2 Å². The van der Waals surface area contributed by atoms with Gasteiger partial charge in [0.05, 0.1) is 13.2 Å². The van der Waals surface area contributed by atoms with Gasteiger partial charge in [-0.15, -0.1) is 0 Å². The summed E-state index contributed by atoms with van der Waals surface area (Å²) in [6.45, 7) is 5.48. The summed E-state index contributed by atoms with van der Waals surface area (Å²) in [5.41, 5.74) is -2.04. The Kier molecular flexibility index (Phi) is 8.66. The van der Waals surface area contributed by atoms with Gasteiger partial charge in [-0.05, 0) is 11.8 Å². The molecular weight excluding hydrogens is 506 g/mol. The average molecular weight is 539 g/mol. The van der Waals surface area contributed by atoms with Crippen molar-refractivity contribution in [1.82, 2.24) is 0 Å². The maximum atomic E-state index is 5.25. The van der Waals surface area contributed by atoms with E-state index in [1.54, 1.807) is 0 Å². The van der Waals surface area contributed by atoms with Crippen molar-refractivity contribution in [2.24, 2.45) is 5.41 Å². The zero-order valence-corrected chi connectivity index (χ0v) is 23.7. The Morgan fingerprint density at radius 2 is 0.857 bits per heavy atom. The molecule has 1 fully saturated rings. The second-order valence-electron chi connectivity index (χ2n) is 9.39. The van der Waals surface area contributed by atoms with Crippen LogP contribution in [0.25, 0.3) is 0 Å². The first-order valence-corrected chi connectivity index (χ1v) is 17.5. The maximum absolute atomic E-state index is 5.25. The number of benzene rings is 4. The van der Waals surface area contributed by atoms with Crippen LogP contribution in [0.4, 0.5) is 0 Å². The second kappa shape index (κ2) is 11.5. The summed E-state index contributed by atoms with van der Waals surface area (Å²) in [4.78, 5) is 0. The molecule has 1 saturated heterocycles. The topological polar surface area (TPSA) is 18.5 Å². The molecule has 4 aromatic rings. The van der Waals surface area contributed by atoms with Crippen LogP contribution in [-0.2, 0) is 20.9 Å². The van der Waals surface area contributed by atoms with Gasteiger partial charge < -0.3 is 9.05 Å². The molecule has 0 unspecified atom stereocenters. The summed E-state index contributed by atoms with van der Waals surface area (Å²) in [5.74, 6) is 0. The Hall–Kier alpha value is -1.77. The zero-order valence-electron chi connectivity index (χ0n) is 20.1. The van der Waals surface area contributed by atoms with Gasteiger partial charge in [-0.3, -0.25) is 0 Å². The fraction of sp³-hybridized carbons (Fsp3) is 0.172. The Morgan fingerprint density at radius 1 is 0.600 bits per heavy atom. The van der Waals surface area contributed by atoms with Crippen LogP contribution in [-0.4, -0.2) is 13.2 Å². The van der Waals surface area contributed by atoms with Crippen LogP contribution in [0.1, 0.15) is 13.8 Å². The molecule has 0 spiro atoms. The van der Waals surface area contributed by atoms with Gasteiger partial charge in [0.15, 0.2) is 0 Å². The molecule has 5 rings (SSSR count). The molecule has 35 heavy (non-hydrogen) atoms. The van der Waals surface area contributed by atoms with Gasteiger partial charge in [0.2, 0.25) is 5.69 Å².